The minimum atomic E-state index is 0.199. The minimum Gasteiger partial charge on any atom is -0.353 e. The van der Waals surface area contributed by atoms with Crippen molar-refractivity contribution >= 4 is 5.91 Å². The van der Waals surface area contributed by atoms with Crippen molar-refractivity contribution < 1.29 is 4.79 Å². The molecule has 2 atom stereocenters. The zero-order chi connectivity index (χ0) is 10.5. The van der Waals surface area contributed by atoms with Crippen LogP contribution in [0.1, 0.15) is 32.1 Å². The molecule has 1 fully saturated rings. The van der Waals surface area contributed by atoms with Crippen LogP contribution >= 0.6 is 0 Å². The molecule has 1 amide bonds. The lowest BCUT2D eigenvalue weighted by molar-refractivity contribution is -0.126. The van der Waals surface area contributed by atoms with Gasteiger partial charge in [0.2, 0.25) is 5.91 Å². The van der Waals surface area contributed by atoms with Crippen LogP contribution in [0.5, 0.6) is 0 Å². The molecule has 3 heteroatoms. The SMILES string of the molecule is O=C(NC1CC=CCC1)C1CCCNC1. The molecule has 3 nitrogen and oxygen atoms in total. The molecule has 84 valence electrons. The number of hydrogen-bond acceptors (Lipinski definition) is 2. The van der Waals surface area contributed by atoms with Gasteiger partial charge in [0.05, 0.1) is 5.92 Å². The Bertz CT molecular complexity index is 244. The molecule has 1 aliphatic heterocycles. The van der Waals surface area contributed by atoms with E-state index in [0.29, 0.717) is 6.04 Å². The number of nitrogens with one attached hydrogen (secondary N) is 2. The van der Waals surface area contributed by atoms with Crippen molar-refractivity contribution in [1.82, 2.24) is 10.6 Å². The molecule has 0 bridgehead atoms. The lowest BCUT2D eigenvalue weighted by Crippen LogP contribution is -2.44. The summed E-state index contributed by atoms with van der Waals surface area (Å²) in [5.41, 5.74) is 0. The number of hydrogen-bond donors (Lipinski definition) is 2. The average Bonchev–Trinajstić information content (AvgIpc) is 2.31. The summed E-state index contributed by atoms with van der Waals surface area (Å²) in [7, 11) is 0. The van der Waals surface area contributed by atoms with Crippen LogP contribution in [0, 0.1) is 5.92 Å². The summed E-state index contributed by atoms with van der Waals surface area (Å²) in [5, 5.41) is 6.44. The maximum atomic E-state index is 11.9. The van der Waals surface area contributed by atoms with Gasteiger partial charge in [-0.3, -0.25) is 4.79 Å². The Morgan fingerprint density at radius 2 is 2.27 bits per heavy atom. The van der Waals surface area contributed by atoms with Crippen molar-refractivity contribution in [2.45, 2.75) is 38.1 Å². The van der Waals surface area contributed by atoms with Crippen LogP contribution < -0.4 is 10.6 Å². The van der Waals surface area contributed by atoms with E-state index in [0.717, 1.165) is 45.2 Å². The van der Waals surface area contributed by atoms with E-state index >= 15 is 0 Å². The topological polar surface area (TPSA) is 41.1 Å². The second-order valence-electron chi connectivity index (χ2n) is 4.53. The first kappa shape index (κ1) is 10.7. The highest BCUT2D eigenvalue weighted by atomic mass is 16.2. The molecule has 0 aromatic rings. The smallest absolute Gasteiger partial charge is 0.224 e. The predicted octanol–water partition coefficient (Wildman–Crippen LogP) is 1.21. The predicted molar refractivity (Wildman–Crippen MR) is 60.5 cm³/mol. The third-order valence-corrected chi connectivity index (χ3v) is 3.28. The number of amides is 1. The Morgan fingerprint density at radius 1 is 1.33 bits per heavy atom. The van der Waals surface area contributed by atoms with E-state index in [4.69, 9.17) is 0 Å². The molecule has 1 heterocycles. The molecule has 1 saturated heterocycles. The van der Waals surface area contributed by atoms with Gasteiger partial charge in [-0.05, 0) is 38.6 Å². The third-order valence-electron chi connectivity index (χ3n) is 3.28. The van der Waals surface area contributed by atoms with Crippen molar-refractivity contribution in [2.24, 2.45) is 5.92 Å². The van der Waals surface area contributed by atoms with Crippen LogP contribution in [0.2, 0.25) is 0 Å². The fourth-order valence-corrected chi connectivity index (χ4v) is 2.32. The molecule has 0 radical (unpaired) electrons. The summed E-state index contributed by atoms with van der Waals surface area (Å²) in [6, 6.07) is 0.379. The zero-order valence-electron chi connectivity index (χ0n) is 9.17. The molecule has 0 aromatic carbocycles. The molecule has 2 unspecified atom stereocenters. The molecule has 0 saturated carbocycles. The quantitative estimate of drug-likeness (QED) is 0.670. The molecule has 2 N–H and O–H groups in total. The first-order chi connectivity index (χ1) is 7.36. The van der Waals surface area contributed by atoms with Crippen LogP contribution in [0.15, 0.2) is 12.2 Å². The molecule has 1 aliphatic carbocycles. The van der Waals surface area contributed by atoms with Crippen LogP contribution in [0.4, 0.5) is 0 Å². The Balaban J connectivity index is 1.77. The van der Waals surface area contributed by atoms with Crippen molar-refractivity contribution in [3.8, 4) is 0 Å². The van der Waals surface area contributed by atoms with Crippen LogP contribution in [0.25, 0.3) is 0 Å². The van der Waals surface area contributed by atoms with Crippen LogP contribution in [0.3, 0.4) is 0 Å². The minimum absolute atomic E-state index is 0.199. The maximum absolute atomic E-state index is 11.9. The molecule has 15 heavy (non-hydrogen) atoms. The molecular weight excluding hydrogens is 188 g/mol. The standard InChI is InChI=1S/C12H20N2O/c15-12(10-5-4-8-13-9-10)14-11-6-2-1-3-7-11/h1-2,10-11,13H,3-9H2,(H,14,15). The highest BCUT2D eigenvalue weighted by molar-refractivity contribution is 5.79. The Labute approximate surface area is 91.3 Å². The van der Waals surface area contributed by atoms with E-state index in [-0.39, 0.29) is 11.8 Å². The Kier molecular flexibility index (Phi) is 3.78. The number of carbonyl (C=O) groups is 1. The lowest BCUT2D eigenvalue weighted by atomic mass is 9.96. The summed E-state index contributed by atoms with van der Waals surface area (Å²) in [5.74, 6) is 0.451. The second-order valence-corrected chi connectivity index (χ2v) is 4.53. The maximum Gasteiger partial charge on any atom is 0.224 e. The third kappa shape index (κ3) is 3.06. The van der Waals surface area contributed by atoms with E-state index in [1.165, 1.54) is 0 Å². The van der Waals surface area contributed by atoms with Crippen LogP contribution in [-0.2, 0) is 4.79 Å². The molecule has 0 spiro atoms. The summed E-state index contributed by atoms with van der Waals surface area (Å²) >= 11 is 0. The first-order valence-corrected chi connectivity index (χ1v) is 6.02. The Morgan fingerprint density at radius 3 is 2.93 bits per heavy atom. The van der Waals surface area contributed by atoms with Gasteiger partial charge in [0.1, 0.15) is 0 Å². The van der Waals surface area contributed by atoms with Crippen molar-refractivity contribution in [3.05, 3.63) is 12.2 Å². The van der Waals surface area contributed by atoms with Gasteiger partial charge in [-0.2, -0.15) is 0 Å². The van der Waals surface area contributed by atoms with Gasteiger partial charge in [-0.25, -0.2) is 0 Å². The van der Waals surface area contributed by atoms with Gasteiger partial charge < -0.3 is 10.6 Å². The number of rotatable bonds is 2. The van der Waals surface area contributed by atoms with E-state index in [1.807, 2.05) is 0 Å². The largest absolute Gasteiger partial charge is 0.353 e. The number of piperidine rings is 1. The van der Waals surface area contributed by atoms with E-state index in [9.17, 15) is 4.79 Å². The lowest BCUT2D eigenvalue weighted by Gasteiger charge is -2.26. The van der Waals surface area contributed by atoms with Crippen molar-refractivity contribution in [1.29, 1.82) is 0 Å². The fraction of sp³-hybridized carbons (Fsp3) is 0.750. The zero-order valence-corrected chi connectivity index (χ0v) is 9.17. The van der Waals surface area contributed by atoms with E-state index in [2.05, 4.69) is 22.8 Å². The molecule has 2 rings (SSSR count). The van der Waals surface area contributed by atoms with E-state index in [1.54, 1.807) is 0 Å². The van der Waals surface area contributed by atoms with Gasteiger partial charge in [0.15, 0.2) is 0 Å². The fourth-order valence-electron chi connectivity index (χ4n) is 2.32. The normalized spacial score (nSPS) is 31.2. The van der Waals surface area contributed by atoms with Gasteiger partial charge in [0, 0.05) is 12.6 Å². The highest BCUT2D eigenvalue weighted by Crippen LogP contribution is 2.14. The van der Waals surface area contributed by atoms with Gasteiger partial charge >= 0.3 is 0 Å². The Hall–Kier alpha value is -0.830. The van der Waals surface area contributed by atoms with Gasteiger partial charge in [0.25, 0.3) is 0 Å². The molecule has 0 aromatic heterocycles. The molecular formula is C12H20N2O. The van der Waals surface area contributed by atoms with Gasteiger partial charge in [-0.15, -0.1) is 0 Å². The van der Waals surface area contributed by atoms with Crippen molar-refractivity contribution in [2.75, 3.05) is 13.1 Å². The monoisotopic (exact) mass is 208 g/mol. The van der Waals surface area contributed by atoms with Gasteiger partial charge in [-0.1, -0.05) is 12.2 Å². The average molecular weight is 208 g/mol. The summed E-state index contributed by atoms with van der Waals surface area (Å²) in [4.78, 5) is 11.9. The number of carbonyl (C=O) groups excluding carboxylic acids is 1. The highest BCUT2D eigenvalue weighted by Gasteiger charge is 2.22. The summed E-state index contributed by atoms with van der Waals surface area (Å²) in [6.45, 7) is 1.92. The first-order valence-electron chi connectivity index (χ1n) is 6.02. The van der Waals surface area contributed by atoms with Crippen molar-refractivity contribution in [3.63, 3.8) is 0 Å². The number of allylic oxidation sites excluding steroid dienone is 1. The summed E-state index contributed by atoms with van der Waals surface area (Å²) < 4.78 is 0. The molecule has 2 aliphatic rings. The van der Waals surface area contributed by atoms with E-state index < -0.39 is 0 Å². The second kappa shape index (κ2) is 5.31. The summed E-state index contributed by atoms with van der Waals surface area (Å²) in [6.07, 6.45) is 9.75. The van der Waals surface area contributed by atoms with Crippen LogP contribution in [-0.4, -0.2) is 25.0 Å².